The number of rotatable bonds is 9. The molecule has 0 aliphatic heterocycles. The van der Waals surface area contributed by atoms with Crippen LogP contribution in [0.25, 0.3) is 22.4 Å². The number of nitrogens with zero attached hydrogens (tertiary/aromatic N) is 2. The molecule has 3 aromatic rings. The van der Waals surface area contributed by atoms with Crippen molar-refractivity contribution >= 4 is 5.97 Å². The summed E-state index contributed by atoms with van der Waals surface area (Å²) in [4.78, 5) is 10.7. The number of carboxylic acid groups (broad SMARTS) is 1. The summed E-state index contributed by atoms with van der Waals surface area (Å²) in [6, 6.07) is 21.2. The molecule has 0 atom stereocenters. The van der Waals surface area contributed by atoms with E-state index in [1.165, 1.54) is 22.4 Å². The van der Waals surface area contributed by atoms with Crippen LogP contribution in [0.15, 0.2) is 60.7 Å². The lowest BCUT2D eigenvalue weighted by molar-refractivity contribution is -0.142. The van der Waals surface area contributed by atoms with Crippen LogP contribution in [0, 0.1) is 11.8 Å². The summed E-state index contributed by atoms with van der Waals surface area (Å²) < 4.78 is 7.57. The molecule has 0 amide bonds. The van der Waals surface area contributed by atoms with E-state index >= 15 is 0 Å². The van der Waals surface area contributed by atoms with Gasteiger partial charge >= 0.3 is 5.97 Å². The van der Waals surface area contributed by atoms with E-state index < -0.39 is 5.97 Å². The average molecular weight is 433 g/mol. The molecular formula is C27H32N2O3. The Bertz CT molecular complexity index is 1010. The molecule has 0 radical (unpaired) electrons. The quantitative estimate of drug-likeness (QED) is 0.472. The van der Waals surface area contributed by atoms with Gasteiger partial charge in [-0.05, 0) is 49.5 Å². The first-order chi connectivity index (χ1) is 15.7. The molecule has 1 heterocycles. The number of aliphatic carboxylic acids is 1. The molecule has 0 unspecified atom stereocenters. The molecule has 32 heavy (non-hydrogen) atoms. The lowest BCUT2D eigenvalue weighted by Crippen LogP contribution is -2.23. The zero-order chi connectivity index (χ0) is 22.3. The molecule has 1 fully saturated rings. The highest BCUT2D eigenvalue weighted by Gasteiger charge is 2.25. The first-order valence-corrected chi connectivity index (χ1v) is 11.7. The predicted octanol–water partition coefficient (Wildman–Crippen LogP) is 5.69. The molecule has 4 rings (SSSR count). The molecule has 0 saturated heterocycles. The summed E-state index contributed by atoms with van der Waals surface area (Å²) >= 11 is 0. The van der Waals surface area contributed by atoms with Gasteiger partial charge in [0.05, 0.1) is 18.0 Å². The Morgan fingerprint density at radius 2 is 1.56 bits per heavy atom. The molecule has 1 saturated carbocycles. The van der Waals surface area contributed by atoms with Gasteiger partial charge in [-0.2, -0.15) is 5.10 Å². The zero-order valence-electron chi connectivity index (χ0n) is 18.7. The van der Waals surface area contributed by atoms with Gasteiger partial charge in [0.2, 0.25) is 0 Å². The number of hydrogen-bond acceptors (Lipinski definition) is 3. The Hall–Kier alpha value is -2.92. The molecule has 0 bridgehead atoms. The summed E-state index contributed by atoms with van der Waals surface area (Å²) in [5.74, 6) is 0.135. The minimum atomic E-state index is -0.897. The summed E-state index contributed by atoms with van der Waals surface area (Å²) in [7, 11) is 0. The third-order valence-electron chi connectivity index (χ3n) is 6.45. The summed E-state index contributed by atoms with van der Waals surface area (Å²) in [6.45, 7) is 3.44. The highest BCUT2D eigenvalue weighted by atomic mass is 16.5. The van der Waals surface area contributed by atoms with Crippen LogP contribution < -0.4 is 0 Å². The van der Waals surface area contributed by atoms with Gasteiger partial charge in [0.1, 0.15) is 6.61 Å². The highest BCUT2D eigenvalue weighted by Crippen LogP contribution is 2.37. The number of carbonyl (C=O) groups is 1. The highest BCUT2D eigenvalue weighted by molar-refractivity contribution is 5.83. The van der Waals surface area contributed by atoms with E-state index in [2.05, 4.69) is 72.3 Å². The van der Waals surface area contributed by atoms with E-state index in [9.17, 15) is 4.79 Å². The summed E-state index contributed by atoms with van der Waals surface area (Å²) in [5.41, 5.74) is 6.02. The Morgan fingerprint density at radius 3 is 2.16 bits per heavy atom. The molecule has 1 N–H and O–H groups in total. The first-order valence-electron chi connectivity index (χ1n) is 11.7. The van der Waals surface area contributed by atoms with Gasteiger partial charge in [-0.25, -0.2) is 4.79 Å². The van der Waals surface area contributed by atoms with E-state index in [1.807, 2.05) is 0 Å². The van der Waals surface area contributed by atoms with Crippen molar-refractivity contribution in [1.82, 2.24) is 9.78 Å². The van der Waals surface area contributed by atoms with E-state index in [0.29, 0.717) is 18.4 Å². The fraction of sp³-hybridized carbons (Fsp3) is 0.407. The third-order valence-corrected chi connectivity index (χ3v) is 6.45. The molecule has 168 valence electrons. The lowest BCUT2D eigenvalue weighted by Gasteiger charge is -2.28. The smallest absolute Gasteiger partial charge is 0.329 e. The molecule has 5 nitrogen and oxygen atoms in total. The minimum absolute atomic E-state index is 0.199. The zero-order valence-corrected chi connectivity index (χ0v) is 18.7. The molecule has 0 spiro atoms. The lowest BCUT2D eigenvalue weighted by atomic mass is 9.82. The van der Waals surface area contributed by atoms with Crippen LogP contribution in [0.5, 0.6) is 0 Å². The van der Waals surface area contributed by atoms with Crippen molar-refractivity contribution in [2.45, 2.75) is 45.6 Å². The van der Waals surface area contributed by atoms with Crippen molar-refractivity contribution < 1.29 is 14.6 Å². The fourth-order valence-corrected chi connectivity index (χ4v) is 4.83. The van der Waals surface area contributed by atoms with Gasteiger partial charge in [-0.1, -0.05) is 67.6 Å². The predicted molar refractivity (Wildman–Crippen MR) is 126 cm³/mol. The molecule has 1 aliphatic carbocycles. The van der Waals surface area contributed by atoms with Crippen LogP contribution in [0.4, 0.5) is 0 Å². The van der Waals surface area contributed by atoms with Crippen LogP contribution in [0.2, 0.25) is 0 Å². The van der Waals surface area contributed by atoms with E-state index in [1.54, 1.807) is 0 Å². The second kappa shape index (κ2) is 10.6. The standard InChI is InChI=1S/C27H32N2O3/c1-2-24-26(22-9-5-3-6-10-22)27(23-11-7-4-8-12-23)29(28-24)17-20-13-15-21(16-14-20)18-32-19-25(30)31/h3-12,20-21H,2,13-19H2,1H3,(H,30,31). The van der Waals surface area contributed by atoms with Crippen LogP contribution in [-0.2, 0) is 22.5 Å². The van der Waals surface area contributed by atoms with Gasteiger partial charge in [0, 0.05) is 17.7 Å². The molecule has 1 aliphatic rings. The van der Waals surface area contributed by atoms with Gasteiger partial charge < -0.3 is 9.84 Å². The normalized spacial score (nSPS) is 18.5. The van der Waals surface area contributed by atoms with E-state index in [4.69, 9.17) is 14.9 Å². The Labute approximate surface area is 190 Å². The maximum atomic E-state index is 10.7. The maximum Gasteiger partial charge on any atom is 0.329 e. The van der Waals surface area contributed by atoms with Crippen LogP contribution >= 0.6 is 0 Å². The fourth-order valence-electron chi connectivity index (χ4n) is 4.83. The van der Waals surface area contributed by atoms with Gasteiger partial charge in [0.15, 0.2) is 0 Å². The summed E-state index contributed by atoms with van der Waals surface area (Å²) in [6.07, 6.45) is 5.30. The minimum Gasteiger partial charge on any atom is -0.480 e. The number of carboxylic acids is 1. The van der Waals surface area contributed by atoms with Crippen molar-refractivity contribution in [2.75, 3.05) is 13.2 Å². The van der Waals surface area contributed by atoms with Crippen molar-refractivity contribution in [1.29, 1.82) is 0 Å². The summed E-state index contributed by atoms with van der Waals surface area (Å²) in [5, 5.41) is 13.9. The van der Waals surface area contributed by atoms with Crippen molar-refractivity contribution in [2.24, 2.45) is 11.8 Å². The van der Waals surface area contributed by atoms with Gasteiger partial charge in [-0.3, -0.25) is 4.68 Å². The van der Waals surface area contributed by atoms with Gasteiger partial charge in [-0.15, -0.1) is 0 Å². The maximum absolute atomic E-state index is 10.7. The number of ether oxygens (including phenoxy) is 1. The third kappa shape index (κ3) is 5.28. The first kappa shape index (κ1) is 22.3. The molecule has 2 aromatic carbocycles. The average Bonchev–Trinajstić information content (AvgIpc) is 3.19. The largest absolute Gasteiger partial charge is 0.480 e. The Morgan fingerprint density at radius 1 is 0.969 bits per heavy atom. The monoisotopic (exact) mass is 432 g/mol. The van der Waals surface area contributed by atoms with E-state index in [-0.39, 0.29) is 6.61 Å². The Balaban J connectivity index is 1.56. The van der Waals surface area contributed by atoms with Crippen molar-refractivity contribution in [3.8, 4) is 22.4 Å². The number of hydrogen-bond donors (Lipinski definition) is 1. The number of benzene rings is 2. The van der Waals surface area contributed by atoms with Crippen LogP contribution in [-0.4, -0.2) is 34.1 Å². The van der Waals surface area contributed by atoms with Gasteiger partial charge in [0.25, 0.3) is 0 Å². The topological polar surface area (TPSA) is 64.4 Å². The van der Waals surface area contributed by atoms with Crippen LogP contribution in [0.3, 0.4) is 0 Å². The van der Waals surface area contributed by atoms with E-state index in [0.717, 1.165) is 44.3 Å². The molecule has 1 aromatic heterocycles. The molecular weight excluding hydrogens is 400 g/mol. The molecule has 5 heteroatoms. The van der Waals surface area contributed by atoms with Crippen molar-refractivity contribution in [3.63, 3.8) is 0 Å². The number of aromatic nitrogens is 2. The van der Waals surface area contributed by atoms with Crippen LogP contribution in [0.1, 0.15) is 38.3 Å². The second-order valence-electron chi connectivity index (χ2n) is 8.73. The SMILES string of the molecule is CCc1nn(CC2CCC(COCC(=O)O)CC2)c(-c2ccccc2)c1-c1ccccc1. The Kier molecular flexibility index (Phi) is 7.38. The van der Waals surface area contributed by atoms with Crippen molar-refractivity contribution in [3.05, 3.63) is 66.4 Å². The second-order valence-corrected chi connectivity index (χ2v) is 8.73. The number of aryl methyl sites for hydroxylation is 1.